The maximum atomic E-state index is 12.8. The second-order valence-electron chi connectivity index (χ2n) is 6.48. The molecule has 0 aliphatic heterocycles. The third-order valence-electron chi connectivity index (χ3n) is 4.71. The molecule has 0 aliphatic carbocycles. The number of thioether (sulfide) groups is 1. The molecule has 0 N–H and O–H groups in total. The minimum atomic E-state index is 0.0794. The van der Waals surface area contributed by atoms with E-state index < -0.39 is 0 Å². The Morgan fingerprint density at radius 3 is 2.57 bits per heavy atom. The summed E-state index contributed by atoms with van der Waals surface area (Å²) in [7, 11) is 5.50. The number of hydrogen-bond donors (Lipinski definition) is 0. The minimum absolute atomic E-state index is 0.0794. The lowest BCUT2D eigenvalue weighted by molar-refractivity contribution is 0.102. The third-order valence-corrected chi connectivity index (χ3v) is 5.73. The first-order chi connectivity index (χ1) is 13.6. The molecule has 28 heavy (non-hydrogen) atoms. The summed E-state index contributed by atoms with van der Waals surface area (Å²) >= 11 is 1.40. The summed E-state index contributed by atoms with van der Waals surface area (Å²) in [6.45, 7) is 0. The van der Waals surface area contributed by atoms with Gasteiger partial charge in [-0.05, 0) is 30.3 Å². The summed E-state index contributed by atoms with van der Waals surface area (Å²) in [4.78, 5) is 12.8. The second kappa shape index (κ2) is 7.52. The fourth-order valence-electron chi connectivity index (χ4n) is 3.20. The number of methoxy groups -OCH3 is 1. The molecule has 4 aromatic rings. The van der Waals surface area contributed by atoms with Gasteiger partial charge in [-0.2, -0.15) is 0 Å². The summed E-state index contributed by atoms with van der Waals surface area (Å²) in [5.74, 6) is 1.93. The average Bonchev–Trinajstić information content (AvgIpc) is 3.26. The highest BCUT2D eigenvalue weighted by molar-refractivity contribution is 7.99. The monoisotopic (exact) mass is 392 g/mol. The highest BCUT2D eigenvalue weighted by atomic mass is 32.2. The van der Waals surface area contributed by atoms with Gasteiger partial charge in [0.15, 0.2) is 16.8 Å². The Morgan fingerprint density at radius 1 is 1.07 bits per heavy atom. The van der Waals surface area contributed by atoms with Crippen molar-refractivity contribution in [3.05, 3.63) is 60.3 Å². The summed E-state index contributed by atoms with van der Waals surface area (Å²) in [5, 5.41) is 10.2. The molecule has 0 amide bonds. The number of carbonyl (C=O) groups is 1. The summed E-state index contributed by atoms with van der Waals surface area (Å²) in [6.07, 6.45) is 1.90. The van der Waals surface area contributed by atoms with Gasteiger partial charge in [-0.3, -0.25) is 4.79 Å². The Bertz CT molecular complexity index is 1150. The molecule has 0 saturated heterocycles. The van der Waals surface area contributed by atoms with Crippen LogP contribution in [0.25, 0.3) is 22.3 Å². The third kappa shape index (κ3) is 3.29. The van der Waals surface area contributed by atoms with Gasteiger partial charge in [0.1, 0.15) is 5.75 Å². The number of ketones is 1. The minimum Gasteiger partial charge on any atom is -0.497 e. The van der Waals surface area contributed by atoms with Gasteiger partial charge < -0.3 is 13.9 Å². The van der Waals surface area contributed by atoms with Crippen molar-refractivity contribution in [1.82, 2.24) is 19.3 Å². The fourth-order valence-corrected chi connectivity index (χ4v) is 4.00. The second-order valence-corrected chi connectivity index (χ2v) is 7.42. The SMILES string of the molecule is COc1ccc(-c2nnc(SCC(=O)c3cn(C)c4ccccc34)n2C)cc1. The van der Waals surface area contributed by atoms with Crippen LogP contribution in [0, 0.1) is 0 Å². The van der Waals surface area contributed by atoms with Gasteiger partial charge >= 0.3 is 0 Å². The van der Waals surface area contributed by atoms with Crippen molar-refractivity contribution in [2.24, 2.45) is 14.1 Å². The quantitative estimate of drug-likeness (QED) is 0.367. The van der Waals surface area contributed by atoms with Crippen LogP contribution in [0.4, 0.5) is 0 Å². The van der Waals surface area contributed by atoms with Crippen molar-refractivity contribution >= 4 is 28.4 Å². The zero-order valence-corrected chi connectivity index (χ0v) is 16.7. The zero-order chi connectivity index (χ0) is 19.7. The van der Waals surface area contributed by atoms with Gasteiger partial charge in [0.25, 0.3) is 0 Å². The van der Waals surface area contributed by atoms with Crippen LogP contribution < -0.4 is 4.74 Å². The summed E-state index contributed by atoms with van der Waals surface area (Å²) < 4.78 is 9.08. The van der Waals surface area contributed by atoms with E-state index in [0.717, 1.165) is 33.6 Å². The standard InChI is InChI=1S/C21H20N4O2S/c1-24-12-17(16-6-4-5-7-18(16)24)19(26)13-28-21-23-22-20(25(21)2)14-8-10-15(27-3)11-9-14/h4-12H,13H2,1-3H3. The van der Waals surface area contributed by atoms with Crippen molar-refractivity contribution in [2.75, 3.05) is 12.9 Å². The van der Waals surface area contributed by atoms with Gasteiger partial charge in [-0.15, -0.1) is 10.2 Å². The number of carbonyl (C=O) groups excluding carboxylic acids is 1. The van der Waals surface area contributed by atoms with Crippen LogP contribution in [0.15, 0.2) is 59.9 Å². The molecule has 0 unspecified atom stereocenters. The highest BCUT2D eigenvalue weighted by Crippen LogP contribution is 2.26. The molecule has 7 heteroatoms. The number of ether oxygens (including phenoxy) is 1. The lowest BCUT2D eigenvalue weighted by Gasteiger charge is -2.05. The van der Waals surface area contributed by atoms with E-state index in [0.29, 0.717) is 10.9 Å². The maximum absolute atomic E-state index is 12.8. The molecule has 6 nitrogen and oxygen atoms in total. The van der Waals surface area contributed by atoms with Crippen LogP contribution >= 0.6 is 11.8 Å². The molecular formula is C21H20N4O2S. The Balaban J connectivity index is 1.52. The molecule has 0 bridgehead atoms. The average molecular weight is 392 g/mol. The molecule has 0 spiro atoms. The van der Waals surface area contributed by atoms with E-state index in [1.807, 2.05) is 78.0 Å². The molecular weight excluding hydrogens is 372 g/mol. The van der Waals surface area contributed by atoms with Gasteiger partial charge in [-0.1, -0.05) is 30.0 Å². The molecule has 0 aliphatic rings. The predicted molar refractivity (Wildman–Crippen MR) is 111 cm³/mol. The van der Waals surface area contributed by atoms with E-state index in [9.17, 15) is 4.79 Å². The number of Topliss-reactive ketones (excluding diaryl/α,β-unsaturated/α-hetero) is 1. The molecule has 142 valence electrons. The molecule has 0 fully saturated rings. The van der Waals surface area contributed by atoms with Crippen molar-refractivity contribution in [3.63, 3.8) is 0 Å². The van der Waals surface area contributed by atoms with Crippen molar-refractivity contribution in [3.8, 4) is 17.1 Å². The van der Waals surface area contributed by atoms with Crippen LogP contribution in [0.3, 0.4) is 0 Å². The number of hydrogen-bond acceptors (Lipinski definition) is 5. The highest BCUT2D eigenvalue weighted by Gasteiger charge is 2.17. The number of para-hydroxylation sites is 1. The number of aromatic nitrogens is 4. The van der Waals surface area contributed by atoms with E-state index in [1.54, 1.807) is 7.11 Å². The number of rotatable bonds is 6. The molecule has 2 aromatic carbocycles. The van der Waals surface area contributed by atoms with Crippen molar-refractivity contribution in [2.45, 2.75) is 5.16 Å². The van der Waals surface area contributed by atoms with Crippen LogP contribution in [-0.2, 0) is 14.1 Å². The number of fused-ring (bicyclic) bond motifs is 1. The van der Waals surface area contributed by atoms with Crippen LogP contribution in [-0.4, -0.2) is 38.0 Å². The number of aryl methyl sites for hydroxylation is 1. The van der Waals surface area contributed by atoms with E-state index in [2.05, 4.69) is 10.2 Å². The first-order valence-electron chi connectivity index (χ1n) is 8.82. The van der Waals surface area contributed by atoms with Crippen LogP contribution in [0.1, 0.15) is 10.4 Å². The molecule has 0 atom stereocenters. The Labute approximate surface area is 167 Å². The van der Waals surface area contributed by atoms with E-state index in [1.165, 1.54) is 11.8 Å². The topological polar surface area (TPSA) is 61.9 Å². The molecule has 0 saturated carbocycles. The lowest BCUT2D eigenvalue weighted by atomic mass is 10.1. The van der Waals surface area contributed by atoms with Gasteiger partial charge in [0.05, 0.1) is 12.9 Å². The number of nitrogens with zero attached hydrogens (tertiary/aromatic N) is 4. The summed E-state index contributed by atoms with van der Waals surface area (Å²) in [5.41, 5.74) is 2.74. The van der Waals surface area contributed by atoms with Crippen LogP contribution in [0.2, 0.25) is 0 Å². The largest absolute Gasteiger partial charge is 0.497 e. The predicted octanol–water partition coefficient (Wildman–Crippen LogP) is 3.96. The Hall–Kier alpha value is -3.06. The van der Waals surface area contributed by atoms with E-state index in [4.69, 9.17) is 4.74 Å². The Morgan fingerprint density at radius 2 is 1.82 bits per heavy atom. The maximum Gasteiger partial charge on any atom is 0.191 e. The molecule has 4 rings (SSSR count). The van der Waals surface area contributed by atoms with Gasteiger partial charge in [0.2, 0.25) is 0 Å². The molecule has 2 aromatic heterocycles. The first kappa shape index (κ1) is 18.3. The Kier molecular flexibility index (Phi) is 4.92. The summed E-state index contributed by atoms with van der Waals surface area (Å²) in [6, 6.07) is 15.6. The number of benzene rings is 2. The zero-order valence-electron chi connectivity index (χ0n) is 15.9. The molecule has 0 radical (unpaired) electrons. The van der Waals surface area contributed by atoms with Gasteiger partial charge in [-0.25, -0.2) is 0 Å². The van der Waals surface area contributed by atoms with Crippen molar-refractivity contribution < 1.29 is 9.53 Å². The fraction of sp³-hybridized carbons (Fsp3) is 0.190. The molecule has 2 heterocycles. The first-order valence-corrected chi connectivity index (χ1v) is 9.81. The normalized spacial score (nSPS) is 11.1. The smallest absolute Gasteiger partial charge is 0.191 e. The van der Waals surface area contributed by atoms with Gasteiger partial charge in [0, 0.05) is 42.3 Å². The van der Waals surface area contributed by atoms with E-state index >= 15 is 0 Å². The van der Waals surface area contributed by atoms with Crippen molar-refractivity contribution in [1.29, 1.82) is 0 Å². The van der Waals surface area contributed by atoms with E-state index in [-0.39, 0.29) is 5.78 Å². The lowest BCUT2D eigenvalue weighted by Crippen LogP contribution is -2.03. The van der Waals surface area contributed by atoms with Crippen LogP contribution in [0.5, 0.6) is 5.75 Å².